The Kier molecular flexibility index (Phi) is 4.64. The van der Waals surface area contributed by atoms with Gasteiger partial charge in [-0.3, -0.25) is 10.1 Å². The van der Waals surface area contributed by atoms with Crippen molar-refractivity contribution in [3.63, 3.8) is 0 Å². The van der Waals surface area contributed by atoms with E-state index in [1.54, 1.807) is 16.8 Å². The minimum atomic E-state index is -0.309. The molecule has 8 heteroatoms. The van der Waals surface area contributed by atoms with Crippen LogP contribution in [0.25, 0.3) is 5.78 Å². The molecule has 28 heavy (non-hydrogen) atoms. The molecular formula is C20H20N6OS. The number of carbonyl (C=O) groups is 1. The van der Waals surface area contributed by atoms with Crippen molar-refractivity contribution in [2.45, 2.75) is 32.6 Å². The second-order valence-corrected chi connectivity index (χ2v) is 8.61. The number of amides is 1. The molecule has 4 aromatic rings. The average molecular weight is 392 g/mol. The van der Waals surface area contributed by atoms with Gasteiger partial charge in [0.1, 0.15) is 12.0 Å². The molecule has 4 rings (SSSR count). The normalized spacial score (nSPS) is 11.7. The van der Waals surface area contributed by atoms with E-state index in [4.69, 9.17) is 0 Å². The van der Waals surface area contributed by atoms with Crippen molar-refractivity contribution in [1.82, 2.24) is 24.6 Å². The Balaban J connectivity index is 1.56. The van der Waals surface area contributed by atoms with E-state index in [2.05, 4.69) is 58.3 Å². The van der Waals surface area contributed by atoms with Crippen molar-refractivity contribution >= 4 is 28.2 Å². The fourth-order valence-electron chi connectivity index (χ4n) is 2.87. The number of aromatic nitrogens is 5. The van der Waals surface area contributed by atoms with Gasteiger partial charge in [-0.25, -0.2) is 14.5 Å². The third-order valence-electron chi connectivity index (χ3n) is 4.25. The van der Waals surface area contributed by atoms with Crippen LogP contribution in [0, 0.1) is 0 Å². The van der Waals surface area contributed by atoms with E-state index in [0.717, 1.165) is 17.0 Å². The number of carbonyl (C=O) groups excluding carboxylic acids is 1. The maximum atomic E-state index is 12.8. The lowest BCUT2D eigenvalue weighted by Crippen LogP contribution is -2.21. The maximum Gasteiger partial charge on any atom is 0.276 e. The van der Waals surface area contributed by atoms with E-state index in [-0.39, 0.29) is 11.3 Å². The van der Waals surface area contributed by atoms with Gasteiger partial charge in [0.25, 0.3) is 11.7 Å². The van der Waals surface area contributed by atoms with Gasteiger partial charge >= 0.3 is 0 Å². The summed E-state index contributed by atoms with van der Waals surface area (Å²) in [5.74, 6) is 0.0955. The molecule has 3 heterocycles. The van der Waals surface area contributed by atoms with Crippen LogP contribution < -0.4 is 5.32 Å². The topological polar surface area (TPSA) is 85.1 Å². The van der Waals surface area contributed by atoms with Crippen LogP contribution in [0.2, 0.25) is 0 Å². The predicted octanol–water partition coefficient (Wildman–Crippen LogP) is 3.72. The number of rotatable bonds is 4. The Bertz CT molecular complexity index is 1130. The van der Waals surface area contributed by atoms with Gasteiger partial charge in [0, 0.05) is 22.9 Å². The van der Waals surface area contributed by atoms with Crippen LogP contribution >= 0.6 is 11.3 Å². The van der Waals surface area contributed by atoms with Gasteiger partial charge in [0.05, 0.1) is 5.69 Å². The zero-order valence-corrected chi connectivity index (χ0v) is 16.7. The minimum Gasteiger partial charge on any atom is -0.296 e. The van der Waals surface area contributed by atoms with Crippen LogP contribution in [0.1, 0.15) is 47.4 Å². The van der Waals surface area contributed by atoms with Gasteiger partial charge in [-0.15, -0.1) is 11.3 Å². The molecule has 1 N–H and O–H groups in total. The molecule has 0 unspecified atom stereocenters. The van der Waals surface area contributed by atoms with Crippen LogP contribution in [0.15, 0.2) is 48.9 Å². The summed E-state index contributed by atoms with van der Waals surface area (Å²) in [4.78, 5) is 26.6. The van der Waals surface area contributed by atoms with E-state index in [1.807, 2.05) is 18.2 Å². The first kappa shape index (κ1) is 18.2. The number of anilines is 1. The van der Waals surface area contributed by atoms with E-state index in [1.165, 1.54) is 23.2 Å². The summed E-state index contributed by atoms with van der Waals surface area (Å²) in [5, 5.41) is 7.61. The van der Waals surface area contributed by atoms with E-state index < -0.39 is 0 Å². The number of nitrogens with one attached hydrogen (secondary N) is 1. The van der Waals surface area contributed by atoms with Gasteiger partial charge in [-0.2, -0.15) is 10.1 Å². The first-order chi connectivity index (χ1) is 13.4. The SMILES string of the molecule is CC(C)(C)c1cc(C(=O)Nc2ncc(Cc3ccccc3)s2)nc2ncnn12. The standard InChI is InChI=1S/C20H20N6OS/c1-20(2,3)16-10-15(24-18-22-12-23-26(16)18)17(27)25-19-21-11-14(28-19)9-13-7-5-4-6-8-13/h4-8,10-12H,9H2,1-3H3,(H,21,25,27). The Morgan fingerprint density at radius 2 is 1.96 bits per heavy atom. The summed E-state index contributed by atoms with van der Waals surface area (Å²) in [6.07, 6.45) is 4.02. The second-order valence-electron chi connectivity index (χ2n) is 7.50. The summed E-state index contributed by atoms with van der Waals surface area (Å²) < 4.78 is 1.66. The predicted molar refractivity (Wildman–Crippen MR) is 109 cm³/mol. The molecule has 142 valence electrons. The monoisotopic (exact) mass is 392 g/mol. The van der Waals surface area contributed by atoms with Crippen molar-refractivity contribution in [2.24, 2.45) is 0 Å². The first-order valence-corrected chi connectivity index (χ1v) is 9.73. The molecule has 0 saturated carbocycles. The summed E-state index contributed by atoms with van der Waals surface area (Å²) in [7, 11) is 0. The van der Waals surface area contributed by atoms with Crippen molar-refractivity contribution in [1.29, 1.82) is 0 Å². The number of benzene rings is 1. The highest BCUT2D eigenvalue weighted by molar-refractivity contribution is 7.15. The summed E-state index contributed by atoms with van der Waals surface area (Å²) in [6, 6.07) is 11.9. The lowest BCUT2D eigenvalue weighted by atomic mass is 9.91. The highest BCUT2D eigenvalue weighted by atomic mass is 32.1. The third kappa shape index (κ3) is 3.77. The quantitative estimate of drug-likeness (QED) is 0.572. The Labute approximate surface area is 166 Å². The fourth-order valence-corrected chi connectivity index (χ4v) is 3.71. The van der Waals surface area contributed by atoms with Gasteiger partial charge in [0.2, 0.25) is 0 Å². The Morgan fingerprint density at radius 3 is 2.71 bits per heavy atom. The van der Waals surface area contributed by atoms with Gasteiger partial charge < -0.3 is 0 Å². The number of hydrogen-bond donors (Lipinski definition) is 1. The number of nitrogens with zero attached hydrogens (tertiary/aromatic N) is 5. The highest BCUT2D eigenvalue weighted by Crippen LogP contribution is 2.24. The third-order valence-corrected chi connectivity index (χ3v) is 5.16. The van der Waals surface area contributed by atoms with Gasteiger partial charge in [-0.1, -0.05) is 51.1 Å². The molecule has 0 aliphatic carbocycles. The molecule has 1 aromatic carbocycles. The molecule has 0 fully saturated rings. The van der Waals surface area contributed by atoms with Crippen LogP contribution in [-0.2, 0) is 11.8 Å². The molecule has 0 aliphatic rings. The average Bonchev–Trinajstić information content (AvgIpc) is 3.30. The Hall–Kier alpha value is -3.13. The van der Waals surface area contributed by atoms with Crippen LogP contribution in [0.4, 0.5) is 5.13 Å². The molecule has 0 aliphatic heterocycles. The molecule has 3 aromatic heterocycles. The number of fused-ring (bicyclic) bond motifs is 1. The fraction of sp³-hybridized carbons (Fsp3) is 0.250. The number of thiazole rings is 1. The maximum absolute atomic E-state index is 12.8. The zero-order valence-electron chi connectivity index (χ0n) is 15.9. The first-order valence-electron chi connectivity index (χ1n) is 8.91. The Morgan fingerprint density at radius 1 is 1.18 bits per heavy atom. The van der Waals surface area contributed by atoms with Crippen molar-refractivity contribution in [2.75, 3.05) is 5.32 Å². The summed E-state index contributed by atoms with van der Waals surface area (Å²) in [6.45, 7) is 6.17. The molecule has 0 atom stereocenters. The molecule has 0 saturated heterocycles. The van der Waals surface area contributed by atoms with Crippen LogP contribution in [0.5, 0.6) is 0 Å². The van der Waals surface area contributed by atoms with Crippen LogP contribution in [0.3, 0.4) is 0 Å². The molecule has 0 radical (unpaired) electrons. The van der Waals surface area contributed by atoms with Crippen molar-refractivity contribution in [3.8, 4) is 0 Å². The largest absolute Gasteiger partial charge is 0.296 e. The molecular weight excluding hydrogens is 372 g/mol. The van der Waals surface area contributed by atoms with Crippen LogP contribution in [-0.4, -0.2) is 30.5 Å². The molecule has 7 nitrogen and oxygen atoms in total. The zero-order chi connectivity index (χ0) is 19.7. The van der Waals surface area contributed by atoms with Crippen molar-refractivity contribution in [3.05, 3.63) is 70.8 Å². The minimum absolute atomic E-state index is 0.214. The number of hydrogen-bond acceptors (Lipinski definition) is 6. The van der Waals surface area contributed by atoms with E-state index in [9.17, 15) is 4.79 Å². The highest BCUT2D eigenvalue weighted by Gasteiger charge is 2.22. The molecule has 0 spiro atoms. The van der Waals surface area contributed by atoms with Crippen molar-refractivity contribution < 1.29 is 4.79 Å². The molecule has 1 amide bonds. The van der Waals surface area contributed by atoms with Gasteiger partial charge in [0.15, 0.2) is 5.13 Å². The van der Waals surface area contributed by atoms with Gasteiger partial charge in [-0.05, 0) is 11.6 Å². The summed E-state index contributed by atoms with van der Waals surface area (Å²) in [5.41, 5.74) is 2.15. The molecule has 0 bridgehead atoms. The lowest BCUT2D eigenvalue weighted by Gasteiger charge is -2.20. The second kappa shape index (κ2) is 7.12. The van der Waals surface area contributed by atoms with E-state index >= 15 is 0 Å². The summed E-state index contributed by atoms with van der Waals surface area (Å²) >= 11 is 1.46. The van der Waals surface area contributed by atoms with E-state index in [0.29, 0.717) is 16.6 Å². The smallest absolute Gasteiger partial charge is 0.276 e. The lowest BCUT2D eigenvalue weighted by molar-refractivity contribution is 0.102.